The maximum Gasteiger partial charge on any atom is 0.325 e. The predicted molar refractivity (Wildman–Crippen MR) is 93.2 cm³/mol. The molecule has 0 unspecified atom stereocenters. The van der Waals surface area contributed by atoms with Crippen LogP contribution in [0.1, 0.15) is 36.4 Å². The van der Waals surface area contributed by atoms with Crippen LogP contribution in [0.5, 0.6) is 5.75 Å². The minimum atomic E-state index is -0.660. The van der Waals surface area contributed by atoms with Gasteiger partial charge in [0.25, 0.3) is 5.91 Å². The van der Waals surface area contributed by atoms with E-state index in [0.29, 0.717) is 6.61 Å². The van der Waals surface area contributed by atoms with Gasteiger partial charge >= 0.3 is 6.03 Å². The van der Waals surface area contributed by atoms with Crippen LogP contribution in [0.25, 0.3) is 0 Å². The van der Waals surface area contributed by atoms with Crippen molar-refractivity contribution in [1.82, 2.24) is 15.2 Å². The molecular formula is C18H19N3O3S. The summed E-state index contributed by atoms with van der Waals surface area (Å²) < 4.78 is 5.68. The van der Waals surface area contributed by atoms with E-state index in [-0.39, 0.29) is 18.5 Å². The average Bonchev–Trinajstić information content (AvgIpc) is 3.32. The van der Waals surface area contributed by atoms with Crippen LogP contribution in [0, 0.1) is 0 Å². The van der Waals surface area contributed by atoms with Crippen molar-refractivity contribution in [3.05, 3.63) is 46.4 Å². The number of imide groups is 1. The van der Waals surface area contributed by atoms with Gasteiger partial charge in [0.15, 0.2) is 0 Å². The van der Waals surface area contributed by atoms with Crippen molar-refractivity contribution < 1.29 is 14.3 Å². The monoisotopic (exact) mass is 357 g/mol. The fraction of sp³-hybridized carbons (Fsp3) is 0.389. The van der Waals surface area contributed by atoms with E-state index in [2.05, 4.69) is 10.3 Å². The fourth-order valence-electron chi connectivity index (χ4n) is 3.45. The molecule has 2 fully saturated rings. The lowest BCUT2D eigenvalue weighted by atomic mass is 9.98. The van der Waals surface area contributed by atoms with Gasteiger partial charge in [0, 0.05) is 5.38 Å². The van der Waals surface area contributed by atoms with Crippen LogP contribution in [-0.4, -0.2) is 27.4 Å². The molecule has 2 aliphatic rings. The minimum Gasteiger partial charge on any atom is -0.486 e. The van der Waals surface area contributed by atoms with Gasteiger partial charge in [-0.05, 0) is 25.0 Å². The largest absolute Gasteiger partial charge is 0.486 e. The highest BCUT2D eigenvalue weighted by molar-refractivity contribution is 7.09. The molecule has 2 heterocycles. The summed E-state index contributed by atoms with van der Waals surface area (Å²) in [5, 5.41) is 5.59. The number of hydrogen-bond donors (Lipinski definition) is 1. The highest BCUT2D eigenvalue weighted by Gasteiger charge is 2.52. The smallest absolute Gasteiger partial charge is 0.325 e. The molecule has 0 radical (unpaired) electrons. The van der Waals surface area contributed by atoms with Gasteiger partial charge in [-0.25, -0.2) is 9.78 Å². The van der Waals surface area contributed by atoms with Crippen molar-refractivity contribution in [2.45, 2.75) is 44.4 Å². The first-order chi connectivity index (χ1) is 12.2. The number of rotatable bonds is 5. The van der Waals surface area contributed by atoms with Crippen molar-refractivity contribution in [3.8, 4) is 5.75 Å². The van der Waals surface area contributed by atoms with Gasteiger partial charge in [-0.1, -0.05) is 31.0 Å². The molecule has 1 aliphatic carbocycles. The van der Waals surface area contributed by atoms with Gasteiger partial charge in [-0.15, -0.1) is 11.3 Å². The Balaban J connectivity index is 1.39. The molecule has 3 amide bonds. The molecular weight excluding hydrogens is 338 g/mol. The topological polar surface area (TPSA) is 71.5 Å². The number of ether oxygens (including phenoxy) is 1. The number of amides is 3. The number of carbonyl (C=O) groups is 2. The summed E-state index contributed by atoms with van der Waals surface area (Å²) in [6, 6.07) is 9.25. The number of urea groups is 1. The van der Waals surface area contributed by atoms with Crippen LogP contribution in [0.3, 0.4) is 0 Å². The molecule has 2 aromatic rings. The van der Waals surface area contributed by atoms with Crippen molar-refractivity contribution in [3.63, 3.8) is 0 Å². The van der Waals surface area contributed by atoms with E-state index in [9.17, 15) is 9.59 Å². The molecule has 1 N–H and O–H groups in total. The van der Waals surface area contributed by atoms with Crippen LogP contribution in [0.4, 0.5) is 4.79 Å². The molecule has 1 saturated heterocycles. The number of aromatic nitrogens is 1. The number of carbonyl (C=O) groups excluding carboxylic acids is 2. The molecule has 6 nitrogen and oxygen atoms in total. The quantitative estimate of drug-likeness (QED) is 0.835. The summed E-state index contributed by atoms with van der Waals surface area (Å²) >= 11 is 1.47. The Kier molecular flexibility index (Phi) is 4.17. The fourth-order valence-corrected chi connectivity index (χ4v) is 4.15. The SMILES string of the molecule is O=C1NC2(CCCC2)C(=O)N1Cc1csc(COc2ccccc2)n1. The first kappa shape index (κ1) is 16.1. The van der Waals surface area contributed by atoms with E-state index in [0.717, 1.165) is 42.1 Å². The number of para-hydroxylation sites is 1. The summed E-state index contributed by atoms with van der Waals surface area (Å²) in [5.41, 5.74) is 0.0574. The number of nitrogens with one attached hydrogen (secondary N) is 1. The van der Waals surface area contributed by atoms with Gasteiger partial charge < -0.3 is 10.1 Å². The van der Waals surface area contributed by atoms with Gasteiger partial charge in [-0.3, -0.25) is 9.69 Å². The van der Waals surface area contributed by atoms with Crippen LogP contribution < -0.4 is 10.1 Å². The first-order valence-corrected chi connectivity index (χ1v) is 9.29. The third-order valence-electron chi connectivity index (χ3n) is 4.73. The van der Waals surface area contributed by atoms with Crippen LogP contribution in [0.2, 0.25) is 0 Å². The Morgan fingerprint density at radius 1 is 1.20 bits per heavy atom. The Bertz CT molecular complexity index is 784. The molecule has 1 aromatic carbocycles. The van der Waals surface area contributed by atoms with Crippen LogP contribution >= 0.6 is 11.3 Å². The Hall–Kier alpha value is -2.41. The molecule has 1 saturated carbocycles. The maximum absolute atomic E-state index is 12.7. The molecule has 1 aliphatic heterocycles. The molecule has 25 heavy (non-hydrogen) atoms. The minimum absolute atomic E-state index is 0.106. The van der Waals surface area contributed by atoms with E-state index in [1.165, 1.54) is 16.2 Å². The van der Waals surface area contributed by atoms with E-state index in [1.54, 1.807) is 0 Å². The summed E-state index contributed by atoms with van der Waals surface area (Å²) in [6.45, 7) is 0.590. The Labute approximate surface area is 149 Å². The number of benzene rings is 1. The first-order valence-electron chi connectivity index (χ1n) is 8.42. The highest BCUT2D eigenvalue weighted by atomic mass is 32.1. The lowest BCUT2D eigenvalue weighted by molar-refractivity contribution is -0.131. The molecule has 1 aromatic heterocycles. The van der Waals surface area contributed by atoms with E-state index < -0.39 is 5.54 Å². The zero-order valence-corrected chi connectivity index (χ0v) is 14.6. The third kappa shape index (κ3) is 3.11. The number of hydrogen-bond acceptors (Lipinski definition) is 5. The summed E-state index contributed by atoms with van der Waals surface area (Å²) in [4.78, 5) is 30.7. The predicted octanol–water partition coefficient (Wildman–Crippen LogP) is 3.09. The van der Waals surface area contributed by atoms with Gasteiger partial charge in [0.2, 0.25) is 0 Å². The second-order valence-corrected chi connectivity index (χ2v) is 7.39. The molecule has 130 valence electrons. The van der Waals surface area contributed by atoms with E-state index in [4.69, 9.17) is 4.74 Å². The van der Waals surface area contributed by atoms with E-state index >= 15 is 0 Å². The maximum atomic E-state index is 12.7. The van der Waals surface area contributed by atoms with Crippen molar-refractivity contribution in [2.75, 3.05) is 0 Å². The van der Waals surface area contributed by atoms with Gasteiger partial charge in [0.05, 0.1) is 12.2 Å². The average molecular weight is 357 g/mol. The molecule has 1 spiro atoms. The summed E-state index contributed by atoms with van der Waals surface area (Å²) in [7, 11) is 0. The zero-order valence-electron chi connectivity index (χ0n) is 13.7. The van der Waals surface area contributed by atoms with Gasteiger partial charge in [0.1, 0.15) is 22.9 Å². The number of nitrogens with zero attached hydrogens (tertiary/aromatic N) is 2. The second kappa shape index (κ2) is 6.48. The number of thiazole rings is 1. The van der Waals surface area contributed by atoms with E-state index in [1.807, 2.05) is 35.7 Å². The summed E-state index contributed by atoms with van der Waals surface area (Å²) in [6.07, 6.45) is 3.44. The Morgan fingerprint density at radius 3 is 2.72 bits per heavy atom. The van der Waals surface area contributed by atoms with Crippen LogP contribution in [0.15, 0.2) is 35.7 Å². The second-order valence-electron chi connectivity index (χ2n) is 6.44. The molecule has 7 heteroatoms. The lowest BCUT2D eigenvalue weighted by Crippen LogP contribution is -2.44. The van der Waals surface area contributed by atoms with Crippen molar-refractivity contribution >= 4 is 23.3 Å². The Morgan fingerprint density at radius 2 is 1.96 bits per heavy atom. The van der Waals surface area contributed by atoms with Gasteiger partial charge in [-0.2, -0.15) is 0 Å². The van der Waals surface area contributed by atoms with Crippen molar-refractivity contribution in [2.24, 2.45) is 0 Å². The molecule has 0 bridgehead atoms. The highest BCUT2D eigenvalue weighted by Crippen LogP contribution is 2.35. The molecule has 0 atom stereocenters. The lowest BCUT2D eigenvalue weighted by Gasteiger charge is -2.19. The normalized spacial score (nSPS) is 18.8. The zero-order chi connectivity index (χ0) is 17.3. The standard InChI is InChI=1S/C18H19N3O3S/c22-16-18(8-4-5-9-18)20-17(23)21(16)10-13-12-25-15(19-13)11-24-14-6-2-1-3-7-14/h1-3,6-7,12H,4-5,8-11H2,(H,20,23). The summed E-state index contributed by atoms with van der Waals surface area (Å²) in [5.74, 6) is 0.682. The van der Waals surface area contributed by atoms with Crippen LogP contribution in [-0.2, 0) is 17.9 Å². The third-order valence-corrected chi connectivity index (χ3v) is 5.60. The van der Waals surface area contributed by atoms with Crippen molar-refractivity contribution in [1.29, 1.82) is 0 Å². The molecule has 4 rings (SSSR count).